The maximum absolute atomic E-state index is 9.59. The summed E-state index contributed by atoms with van der Waals surface area (Å²) in [4.78, 5) is 0. The Bertz CT molecular complexity index is 951. The molecule has 0 unspecified atom stereocenters. The van der Waals surface area contributed by atoms with E-state index in [1.165, 1.54) is 0 Å². The number of ether oxygens (including phenoxy) is 2. The van der Waals surface area contributed by atoms with Crippen LogP contribution in [0.15, 0.2) is 60.7 Å². The first kappa shape index (κ1) is 15.6. The molecule has 0 amide bonds. The molecule has 3 nitrogen and oxygen atoms in total. The van der Waals surface area contributed by atoms with Gasteiger partial charge in [0, 0.05) is 11.6 Å². The van der Waals surface area contributed by atoms with E-state index in [4.69, 9.17) is 9.47 Å². The number of benzene rings is 3. The highest BCUT2D eigenvalue weighted by atomic mass is 16.5. The molecular formula is C21H17NO2. The van der Waals surface area contributed by atoms with Crippen LogP contribution in [0.25, 0.3) is 22.4 Å². The number of hydrogen-bond donors (Lipinski definition) is 0. The van der Waals surface area contributed by atoms with Gasteiger partial charge in [-0.1, -0.05) is 36.4 Å². The molecule has 0 aliphatic carbocycles. The molecule has 0 radical (unpaired) electrons. The SMILES string of the molecule is COc1ccc(/C=C(/C#N)c2ccc3ccccc3c2)c(OC)c1. The fraction of sp³-hybridized carbons (Fsp3) is 0.0952. The van der Waals surface area contributed by atoms with Crippen LogP contribution in [-0.2, 0) is 0 Å². The van der Waals surface area contributed by atoms with Crippen molar-refractivity contribution in [3.8, 4) is 17.6 Å². The van der Waals surface area contributed by atoms with Crippen molar-refractivity contribution in [3.63, 3.8) is 0 Å². The van der Waals surface area contributed by atoms with Crippen LogP contribution in [0.3, 0.4) is 0 Å². The molecule has 0 saturated heterocycles. The van der Waals surface area contributed by atoms with Crippen LogP contribution >= 0.6 is 0 Å². The van der Waals surface area contributed by atoms with Gasteiger partial charge in [-0.3, -0.25) is 0 Å². The summed E-state index contributed by atoms with van der Waals surface area (Å²) in [5, 5.41) is 11.9. The minimum Gasteiger partial charge on any atom is -0.497 e. The van der Waals surface area contributed by atoms with Crippen molar-refractivity contribution in [1.82, 2.24) is 0 Å². The molecule has 24 heavy (non-hydrogen) atoms. The molecule has 3 aromatic rings. The Hall–Kier alpha value is -3.25. The van der Waals surface area contributed by atoms with Gasteiger partial charge in [0.05, 0.1) is 25.9 Å². The number of rotatable bonds is 4. The highest BCUT2D eigenvalue weighted by Crippen LogP contribution is 2.29. The van der Waals surface area contributed by atoms with E-state index in [-0.39, 0.29) is 0 Å². The third kappa shape index (κ3) is 3.09. The third-order valence-electron chi connectivity index (χ3n) is 3.92. The van der Waals surface area contributed by atoms with Crippen LogP contribution in [0.2, 0.25) is 0 Å². The normalized spacial score (nSPS) is 11.1. The Labute approximate surface area is 141 Å². The van der Waals surface area contributed by atoms with E-state index < -0.39 is 0 Å². The number of hydrogen-bond acceptors (Lipinski definition) is 3. The van der Waals surface area contributed by atoms with Crippen molar-refractivity contribution in [1.29, 1.82) is 5.26 Å². The van der Waals surface area contributed by atoms with E-state index in [0.29, 0.717) is 17.1 Å². The molecule has 0 aliphatic heterocycles. The van der Waals surface area contributed by atoms with E-state index in [1.807, 2.05) is 54.6 Å². The molecule has 0 saturated carbocycles. The molecule has 0 N–H and O–H groups in total. The molecule has 0 fully saturated rings. The molecule has 0 spiro atoms. The van der Waals surface area contributed by atoms with Crippen LogP contribution in [0, 0.1) is 11.3 Å². The molecule has 3 heteroatoms. The van der Waals surface area contributed by atoms with Crippen molar-refractivity contribution < 1.29 is 9.47 Å². The van der Waals surface area contributed by atoms with Gasteiger partial charge in [-0.15, -0.1) is 0 Å². The number of nitrogens with zero attached hydrogens (tertiary/aromatic N) is 1. The largest absolute Gasteiger partial charge is 0.497 e. The Kier molecular flexibility index (Phi) is 4.49. The maximum Gasteiger partial charge on any atom is 0.129 e. The van der Waals surface area contributed by atoms with Crippen LogP contribution < -0.4 is 9.47 Å². The summed E-state index contributed by atoms with van der Waals surface area (Å²) in [5.74, 6) is 1.39. The monoisotopic (exact) mass is 315 g/mol. The average Bonchev–Trinajstić information content (AvgIpc) is 2.65. The van der Waals surface area contributed by atoms with Crippen molar-refractivity contribution >= 4 is 22.4 Å². The third-order valence-corrected chi connectivity index (χ3v) is 3.92. The van der Waals surface area contributed by atoms with Gasteiger partial charge in [0.1, 0.15) is 11.5 Å². The summed E-state index contributed by atoms with van der Waals surface area (Å²) in [6.07, 6.45) is 1.84. The van der Waals surface area contributed by atoms with Crippen molar-refractivity contribution in [2.45, 2.75) is 0 Å². The number of methoxy groups -OCH3 is 2. The summed E-state index contributed by atoms with van der Waals surface area (Å²) in [5.41, 5.74) is 2.31. The zero-order valence-corrected chi connectivity index (χ0v) is 13.6. The van der Waals surface area contributed by atoms with Crippen LogP contribution in [-0.4, -0.2) is 14.2 Å². The minimum atomic E-state index is 0.587. The first-order chi connectivity index (χ1) is 11.7. The van der Waals surface area contributed by atoms with Gasteiger partial charge in [-0.05, 0) is 40.6 Å². The molecule has 3 rings (SSSR count). The van der Waals surface area contributed by atoms with Gasteiger partial charge >= 0.3 is 0 Å². The highest BCUT2D eigenvalue weighted by Gasteiger charge is 2.07. The molecule has 0 atom stereocenters. The highest BCUT2D eigenvalue weighted by molar-refractivity contribution is 5.94. The van der Waals surface area contributed by atoms with E-state index in [2.05, 4.69) is 12.1 Å². The Balaban J connectivity index is 2.07. The van der Waals surface area contributed by atoms with Gasteiger partial charge in [0.2, 0.25) is 0 Å². The van der Waals surface area contributed by atoms with Crippen LogP contribution in [0.5, 0.6) is 11.5 Å². The fourth-order valence-corrected chi connectivity index (χ4v) is 2.63. The lowest BCUT2D eigenvalue weighted by molar-refractivity contribution is 0.394. The summed E-state index contributed by atoms with van der Waals surface area (Å²) in [6.45, 7) is 0. The number of nitriles is 1. The summed E-state index contributed by atoms with van der Waals surface area (Å²) in [7, 11) is 3.22. The Morgan fingerprint density at radius 2 is 1.71 bits per heavy atom. The quantitative estimate of drug-likeness (QED) is 0.507. The maximum atomic E-state index is 9.59. The second kappa shape index (κ2) is 6.89. The number of fused-ring (bicyclic) bond motifs is 1. The second-order valence-corrected chi connectivity index (χ2v) is 5.34. The minimum absolute atomic E-state index is 0.587. The lowest BCUT2D eigenvalue weighted by Gasteiger charge is -2.08. The molecule has 118 valence electrons. The molecular weight excluding hydrogens is 298 g/mol. The zero-order valence-electron chi connectivity index (χ0n) is 13.6. The molecule has 0 bridgehead atoms. The van der Waals surface area contributed by atoms with Crippen LogP contribution in [0.1, 0.15) is 11.1 Å². The van der Waals surface area contributed by atoms with Gasteiger partial charge in [-0.25, -0.2) is 0 Å². The molecule has 0 aromatic heterocycles. The van der Waals surface area contributed by atoms with Gasteiger partial charge < -0.3 is 9.47 Å². The predicted molar refractivity (Wildman–Crippen MR) is 97.0 cm³/mol. The lowest BCUT2D eigenvalue weighted by Crippen LogP contribution is -1.90. The molecule has 0 aliphatic rings. The van der Waals surface area contributed by atoms with Crippen LogP contribution in [0.4, 0.5) is 0 Å². The first-order valence-corrected chi connectivity index (χ1v) is 7.58. The Morgan fingerprint density at radius 1 is 0.917 bits per heavy atom. The van der Waals surface area contributed by atoms with E-state index in [1.54, 1.807) is 20.3 Å². The topological polar surface area (TPSA) is 42.2 Å². The van der Waals surface area contributed by atoms with Gasteiger partial charge in [0.15, 0.2) is 0 Å². The van der Waals surface area contributed by atoms with Crippen molar-refractivity contribution in [2.75, 3.05) is 14.2 Å². The zero-order chi connectivity index (χ0) is 16.9. The fourth-order valence-electron chi connectivity index (χ4n) is 2.63. The van der Waals surface area contributed by atoms with Gasteiger partial charge in [-0.2, -0.15) is 5.26 Å². The standard InChI is InChI=1S/C21H17NO2/c1-23-20-10-9-18(21(13-20)24-2)12-19(14-22)17-8-7-15-5-3-4-6-16(15)11-17/h3-13H,1-2H3/b19-12-. The van der Waals surface area contributed by atoms with Crippen molar-refractivity contribution in [3.05, 3.63) is 71.8 Å². The summed E-state index contributed by atoms with van der Waals surface area (Å²) < 4.78 is 10.6. The molecule has 3 aromatic carbocycles. The summed E-state index contributed by atoms with van der Waals surface area (Å²) in [6, 6.07) is 22.0. The predicted octanol–water partition coefficient (Wildman–Crippen LogP) is 4.92. The van der Waals surface area contributed by atoms with E-state index >= 15 is 0 Å². The van der Waals surface area contributed by atoms with Gasteiger partial charge in [0.25, 0.3) is 0 Å². The lowest BCUT2D eigenvalue weighted by atomic mass is 10.00. The van der Waals surface area contributed by atoms with E-state index in [9.17, 15) is 5.26 Å². The first-order valence-electron chi connectivity index (χ1n) is 7.58. The summed E-state index contributed by atoms with van der Waals surface area (Å²) >= 11 is 0. The number of allylic oxidation sites excluding steroid dienone is 1. The Morgan fingerprint density at radius 3 is 2.42 bits per heavy atom. The van der Waals surface area contributed by atoms with E-state index in [0.717, 1.165) is 21.9 Å². The molecule has 0 heterocycles. The van der Waals surface area contributed by atoms with Crippen molar-refractivity contribution in [2.24, 2.45) is 0 Å². The average molecular weight is 315 g/mol. The second-order valence-electron chi connectivity index (χ2n) is 5.34. The smallest absolute Gasteiger partial charge is 0.129 e.